The van der Waals surface area contributed by atoms with Crippen LogP contribution in [0.4, 0.5) is 8.78 Å². The molecule has 5 nitrogen and oxygen atoms in total. The molecule has 1 atom stereocenters. The molecule has 1 saturated heterocycles. The predicted octanol–water partition coefficient (Wildman–Crippen LogP) is -0.466. The van der Waals surface area contributed by atoms with Crippen LogP contribution in [0.3, 0.4) is 0 Å². The first-order valence-corrected chi connectivity index (χ1v) is 4.60. The zero-order valence-electron chi connectivity index (χ0n) is 8.58. The minimum absolute atomic E-state index is 0. The van der Waals surface area contributed by atoms with Crippen molar-refractivity contribution in [2.75, 3.05) is 32.9 Å². The van der Waals surface area contributed by atoms with E-state index in [1.54, 1.807) is 0 Å². The van der Waals surface area contributed by atoms with E-state index in [-0.39, 0.29) is 19.0 Å². The maximum absolute atomic E-state index is 12.7. The average Bonchev–Trinajstić information content (AvgIpc) is 2.27. The molecule has 0 saturated carbocycles. The van der Waals surface area contributed by atoms with Crippen molar-refractivity contribution < 1.29 is 23.0 Å². The Bertz CT molecular complexity index is 225. The molecule has 1 unspecified atom stereocenters. The number of rotatable bonds is 4. The zero-order chi connectivity index (χ0) is 11.3. The number of nitrogens with one attached hydrogen (secondary N) is 1. The third-order valence-corrected chi connectivity index (χ3v) is 1.93. The highest BCUT2D eigenvalue weighted by Crippen LogP contribution is 2.09. The standard InChI is InChI=1S/C8H14F2N2O3.ClH/c9-8(10,4-11)5-12-7(13)6-3-14-1-2-15-6;/h6H,1-5,11H2,(H,12,13);1H. The smallest absolute Gasteiger partial charge is 0.277 e. The Kier molecular flexibility index (Phi) is 6.73. The monoisotopic (exact) mass is 260 g/mol. The Hall–Kier alpha value is -0.500. The fourth-order valence-electron chi connectivity index (χ4n) is 1.04. The largest absolute Gasteiger partial charge is 0.376 e. The summed E-state index contributed by atoms with van der Waals surface area (Å²) >= 11 is 0. The normalized spacial score (nSPS) is 21.1. The number of alkyl halides is 2. The van der Waals surface area contributed by atoms with E-state index in [0.29, 0.717) is 13.2 Å². The van der Waals surface area contributed by atoms with Crippen molar-refractivity contribution in [3.05, 3.63) is 0 Å². The van der Waals surface area contributed by atoms with Crippen LogP contribution in [0.2, 0.25) is 0 Å². The van der Waals surface area contributed by atoms with Gasteiger partial charge in [-0.3, -0.25) is 4.79 Å². The molecule has 0 aromatic heterocycles. The van der Waals surface area contributed by atoms with Gasteiger partial charge in [0.25, 0.3) is 11.8 Å². The van der Waals surface area contributed by atoms with Crippen molar-refractivity contribution in [1.29, 1.82) is 0 Å². The molecule has 0 spiro atoms. The number of carbonyl (C=O) groups is 1. The fourth-order valence-corrected chi connectivity index (χ4v) is 1.04. The quantitative estimate of drug-likeness (QED) is 0.717. The molecule has 3 N–H and O–H groups in total. The Labute approximate surface area is 98.1 Å². The minimum Gasteiger partial charge on any atom is -0.376 e. The zero-order valence-corrected chi connectivity index (χ0v) is 9.40. The van der Waals surface area contributed by atoms with Gasteiger partial charge in [-0.2, -0.15) is 0 Å². The molecule has 8 heteroatoms. The van der Waals surface area contributed by atoms with Crippen molar-refractivity contribution in [2.24, 2.45) is 5.73 Å². The van der Waals surface area contributed by atoms with Gasteiger partial charge in [0.2, 0.25) is 0 Å². The Morgan fingerprint density at radius 1 is 1.50 bits per heavy atom. The van der Waals surface area contributed by atoms with Crippen LogP contribution in [0.5, 0.6) is 0 Å². The lowest BCUT2D eigenvalue weighted by Gasteiger charge is -2.23. The second-order valence-corrected chi connectivity index (χ2v) is 3.21. The molecule has 1 aliphatic rings. The van der Waals surface area contributed by atoms with Gasteiger partial charge in [0.05, 0.1) is 32.9 Å². The number of halogens is 3. The molecule has 1 heterocycles. The molecule has 96 valence electrons. The summed E-state index contributed by atoms with van der Waals surface area (Å²) in [5, 5.41) is 2.07. The van der Waals surface area contributed by atoms with E-state index >= 15 is 0 Å². The molecule has 0 bridgehead atoms. The van der Waals surface area contributed by atoms with Crippen molar-refractivity contribution >= 4 is 18.3 Å². The van der Waals surface area contributed by atoms with Crippen LogP contribution in [0.25, 0.3) is 0 Å². The number of ether oxygens (including phenoxy) is 2. The van der Waals surface area contributed by atoms with Crippen LogP contribution in [0, 0.1) is 0 Å². The molecule has 1 amide bonds. The summed E-state index contributed by atoms with van der Waals surface area (Å²) < 4.78 is 35.3. The lowest BCUT2D eigenvalue weighted by atomic mass is 10.3. The molecule has 1 rings (SSSR count). The van der Waals surface area contributed by atoms with Gasteiger partial charge in [0, 0.05) is 0 Å². The molecule has 0 aliphatic carbocycles. The summed E-state index contributed by atoms with van der Waals surface area (Å²) in [6, 6.07) is 0. The number of hydrogen-bond donors (Lipinski definition) is 2. The Morgan fingerprint density at radius 3 is 2.69 bits per heavy atom. The van der Waals surface area contributed by atoms with Crippen LogP contribution in [-0.4, -0.2) is 50.8 Å². The van der Waals surface area contributed by atoms with E-state index < -0.39 is 31.0 Å². The first-order valence-electron chi connectivity index (χ1n) is 4.60. The van der Waals surface area contributed by atoms with Gasteiger partial charge >= 0.3 is 0 Å². The van der Waals surface area contributed by atoms with Gasteiger partial charge in [-0.15, -0.1) is 12.4 Å². The lowest BCUT2D eigenvalue weighted by molar-refractivity contribution is -0.149. The fraction of sp³-hybridized carbons (Fsp3) is 0.875. The molecule has 16 heavy (non-hydrogen) atoms. The van der Waals surface area contributed by atoms with Crippen molar-refractivity contribution in [1.82, 2.24) is 5.32 Å². The topological polar surface area (TPSA) is 73.6 Å². The highest BCUT2D eigenvalue weighted by molar-refractivity contribution is 5.85. The lowest BCUT2D eigenvalue weighted by Crippen LogP contribution is -2.48. The molecule has 0 aromatic carbocycles. The maximum atomic E-state index is 12.7. The maximum Gasteiger partial charge on any atom is 0.277 e. The number of hydrogen-bond acceptors (Lipinski definition) is 4. The van der Waals surface area contributed by atoms with E-state index in [9.17, 15) is 13.6 Å². The average molecular weight is 261 g/mol. The predicted molar refractivity (Wildman–Crippen MR) is 54.8 cm³/mol. The second-order valence-electron chi connectivity index (χ2n) is 3.21. The van der Waals surface area contributed by atoms with Gasteiger partial charge in [-0.25, -0.2) is 8.78 Å². The van der Waals surface area contributed by atoms with E-state index in [0.717, 1.165) is 0 Å². The van der Waals surface area contributed by atoms with Gasteiger partial charge in [0.1, 0.15) is 0 Å². The van der Waals surface area contributed by atoms with Crippen molar-refractivity contribution in [2.45, 2.75) is 12.0 Å². The Balaban J connectivity index is 0.00000225. The first kappa shape index (κ1) is 15.5. The highest BCUT2D eigenvalue weighted by atomic mass is 35.5. The highest BCUT2D eigenvalue weighted by Gasteiger charge is 2.30. The SMILES string of the molecule is Cl.NCC(F)(F)CNC(=O)C1COCCO1. The molecular weight excluding hydrogens is 246 g/mol. The summed E-state index contributed by atoms with van der Waals surface area (Å²) in [5.41, 5.74) is 4.81. The summed E-state index contributed by atoms with van der Waals surface area (Å²) in [5.74, 6) is -3.67. The van der Waals surface area contributed by atoms with Gasteiger partial charge < -0.3 is 20.5 Å². The number of nitrogens with two attached hydrogens (primary N) is 1. The van der Waals surface area contributed by atoms with Gasteiger partial charge in [-0.05, 0) is 0 Å². The number of carbonyl (C=O) groups excluding carboxylic acids is 1. The summed E-state index contributed by atoms with van der Waals surface area (Å²) in [7, 11) is 0. The second kappa shape index (κ2) is 6.95. The van der Waals surface area contributed by atoms with Crippen molar-refractivity contribution in [3.8, 4) is 0 Å². The van der Waals surface area contributed by atoms with Crippen LogP contribution in [0.1, 0.15) is 0 Å². The van der Waals surface area contributed by atoms with E-state index in [4.69, 9.17) is 15.2 Å². The molecule has 0 radical (unpaired) electrons. The Morgan fingerprint density at radius 2 is 2.19 bits per heavy atom. The van der Waals surface area contributed by atoms with E-state index in [1.807, 2.05) is 0 Å². The first-order chi connectivity index (χ1) is 7.05. The third-order valence-electron chi connectivity index (χ3n) is 1.93. The van der Waals surface area contributed by atoms with Crippen LogP contribution < -0.4 is 11.1 Å². The molecular formula is C8H15ClF2N2O3. The number of amides is 1. The molecule has 1 aliphatic heterocycles. The van der Waals surface area contributed by atoms with Crippen LogP contribution >= 0.6 is 12.4 Å². The third kappa shape index (κ3) is 5.02. The summed E-state index contributed by atoms with van der Waals surface area (Å²) in [6.07, 6.45) is -0.799. The summed E-state index contributed by atoms with van der Waals surface area (Å²) in [4.78, 5) is 11.3. The minimum atomic E-state index is -3.08. The van der Waals surface area contributed by atoms with Gasteiger partial charge in [0.15, 0.2) is 6.10 Å². The summed E-state index contributed by atoms with van der Waals surface area (Å²) in [6.45, 7) is -0.758. The van der Waals surface area contributed by atoms with Crippen LogP contribution in [-0.2, 0) is 14.3 Å². The molecule has 0 aromatic rings. The van der Waals surface area contributed by atoms with Gasteiger partial charge in [-0.1, -0.05) is 0 Å². The van der Waals surface area contributed by atoms with Crippen LogP contribution in [0.15, 0.2) is 0 Å². The van der Waals surface area contributed by atoms with E-state index in [1.165, 1.54) is 0 Å². The molecule has 1 fully saturated rings. The van der Waals surface area contributed by atoms with E-state index in [2.05, 4.69) is 5.32 Å². The van der Waals surface area contributed by atoms with Crippen molar-refractivity contribution in [3.63, 3.8) is 0 Å².